The van der Waals surface area contributed by atoms with Crippen LogP contribution < -0.4 is 5.32 Å². The molecule has 96 valence electrons. The lowest BCUT2D eigenvalue weighted by molar-refractivity contribution is -0.140. The lowest BCUT2D eigenvalue weighted by Gasteiger charge is -2.19. The molecule has 5 heteroatoms. The number of aromatic nitrogens is 1. The molecular weight excluding hydrogens is 230 g/mol. The minimum absolute atomic E-state index is 0.0716. The summed E-state index contributed by atoms with van der Waals surface area (Å²) < 4.78 is 0. The van der Waals surface area contributed by atoms with E-state index in [9.17, 15) is 9.59 Å². The first-order valence-electron chi connectivity index (χ1n) is 6.08. The van der Waals surface area contributed by atoms with E-state index in [4.69, 9.17) is 0 Å². The molecule has 1 aromatic heterocycles. The molecule has 1 unspecified atom stereocenters. The van der Waals surface area contributed by atoms with Crippen molar-refractivity contribution in [2.45, 2.75) is 38.9 Å². The number of carbonyl (C=O) groups excluding carboxylic acids is 2. The van der Waals surface area contributed by atoms with Crippen LogP contribution in [0.1, 0.15) is 25.8 Å². The maximum Gasteiger partial charge on any atom is 0.247 e. The topological polar surface area (TPSA) is 62.3 Å². The normalized spacial score (nSPS) is 19.9. The predicted molar refractivity (Wildman–Crippen MR) is 66.5 cm³/mol. The van der Waals surface area contributed by atoms with Crippen molar-refractivity contribution in [3.63, 3.8) is 0 Å². The standard InChI is InChI=1S/C13H17N3O2/c1-9(2)16-12(17)7-11(13(16)18)15-8-10-3-5-14-6-4-10/h3-6,9,11,15H,7-8H2,1-2H3. The molecule has 1 atom stereocenters. The van der Waals surface area contributed by atoms with E-state index in [1.807, 2.05) is 26.0 Å². The quantitative estimate of drug-likeness (QED) is 0.796. The van der Waals surface area contributed by atoms with Crippen molar-refractivity contribution in [1.29, 1.82) is 0 Å². The number of pyridine rings is 1. The molecule has 18 heavy (non-hydrogen) atoms. The van der Waals surface area contributed by atoms with E-state index in [1.165, 1.54) is 4.90 Å². The number of rotatable bonds is 4. The van der Waals surface area contributed by atoms with Crippen LogP contribution in [-0.2, 0) is 16.1 Å². The summed E-state index contributed by atoms with van der Waals surface area (Å²) in [6.07, 6.45) is 3.67. The molecule has 0 radical (unpaired) electrons. The van der Waals surface area contributed by atoms with Gasteiger partial charge in [0.25, 0.3) is 0 Å². The van der Waals surface area contributed by atoms with Crippen LogP contribution >= 0.6 is 0 Å². The van der Waals surface area contributed by atoms with Crippen molar-refractivity contribution in [3.05, 3.63) is 30.1 Å². The van der Waals surface area contributed by atoms with Crippen LogP contribution in [0.3, 0.4) is 0 Å². The predicted octanol–water partition coefficient (Wildman–Crippen LogP) is 0.707. The van der Waals surface area contributed by atoms with Gasteiger partial charge in [-0.25, -0.2) is 0 Å². The van der Waals surface area contributed by atoms with Crippen molar-refractivity contribution in [2.75, 3.05) is 0 Å². The number of hydrogen-bond acceptors (Lipinski definition) is 4. The summed E-state index contributed by atoms with van der Waals surface area (Å²) in [4.78, 5) is 29.0. The zero-order valence-electron chi connectivity index (χ0n) is 10.6. The maximum atomic E-state index is 12.0. The number of carbonyl (C=O) groups is 2. The van der Waals surface area contributed by atoms with Gasteiger partial charge < -0.3 is 5.32 Å². The third-order valence-electron chi connectivity index (χ3n) is 3.00. The highest BCUT2D eigenvalue weighted by Crippen LogP contribution is 2.16. The Labute approximate surface area is 106 Å². The summed E-state index contributed by atoms with van der Waals surface area (Å²) in [5.74, 6) is -0.216. The molecule has 2 amide bonds. The molecule has 0 aliphatic carbocycles. The summed E-state index contributed by atoms with van der Waals surface area (Å²) in [6, 6.07) is 3.30. The number of amides is 2. The van der Waals surface area contributed by atoms with Gasteiger partial charge in [0.2, 0.25) is 11.8 Å². The van der Waals surface area contributed by atoms with Gasteiger partial charge in [-0.1, -0.05) is 0 Å². The summed E-state index contributed by atoms with van der Waals surface area (Å²) in [6.45, 7) is 4.26. The van der Waals surface area contributed by atoms with E-state index in [1.54, 1.807) is 12.4 Å². The number of likely N-dealkylation sites (tertiary alicyclic amines) is 1. The Balaban J connectivity index is 1.96. The van der Waals surface area contributed by atoms with E-state index < -0.39 is 6.04 Å². The van der Waals surface area contributed by atoms with E-state index in [0.717, 1.165) is 5.56 Å². The fraction of sp³-hybridized carbons (Fsp3) is 0.462. The molecule has 5 nitrogen and oxygen atoms in total. The highest BCUT2D eigenvalue weighted by atomic mass is 16.2. The van der Waals surface area contributed by atoms with E-state index in [0.29, 0.717) is 6.54 Å². The third kappa shape index (κ3) is 2.56. The Morgan fingerprint density at radius 2 is 2.06 bits per heavy atom. The van der Waals surface area contributed by atoms with Gasteiger partial charge in [-0.2, -0.15) is 0 Å². The first-order chi connectivity index (χ1) is 8.59. The molecule has 0 saturated carbocycles. The molecule has 0 bridgehead atoms. The van der Waals surface area contributed by atoms with Gasteiger partial charge in [-0.05, 0) is 31.5 Å². The van der Waals surface area contributed by atoms with Gasteiger partial charge in [-0.15, -0.1) is 0 Å². The molecule has 0 spiro atoms. The van der Waals surface area contributed by atoms with Gasteiger partial charge in [0.1, 0.15) is 0 Å². The minimum atomic E-state index is -0.395. The summed E-state index contributed by atoms with van der Waals surface area (Å²) >= 11 is 0. The van der Waals surface area contributed by atoms with Crippen LogP contribution in [-0.4, -0.2) is 33.8 Å². The second-order valence-corrected chi connectivity index (χ2v) is 4.69. The lowest BCUT2D eigenvalue weighted by atomic mass is 10.2. The number of imide groups is 1. The Bertz CT molecular complexity index is 445. The van der Waals surface area contributed by atoms with Crippen LogP contribution in [0.5, 0.6) is 0 Å². The van der Waals surface area contributed by atoms with Gasteiger partial charge in [0.05, 0.1) is 12.5 Å². The average Bonchev–Trinajstić information content (AvgIpc) is 2.63. The van der Waals surface area contributed by atoms with Crippen LogP contribution in [0.2, 0.25) is 0 Å². The molecule has 1 fully saturated rings. The fourth-order valence-corrected chi connectivity index (χ4v) is 2.09. The van der Waals surface area contributed by atoms with Gasteiger partial charge in [-0.3, -0.25) is 19.5 Å². The maximum absolute atomic E-state index is 12.0. The SMILES string of the molecule is CC(C)N1C(=O)CC(NCc2ccncc2)C1=O. The van der Waals surface area contributed by atoms with Crippen LogP contribution in [0.25, 0.3) is 0 Å². The Morgan fingerprint density at radius 1 is 1.39 bits per heavy atom. The summed E-state index contributed by atoms with van der Waals surface area (Å²) in [5, 5.41) is 3.12. The highest BCUT2D eigenvalue weighted by Gasteiger charge is 2.39. The summed E-state index contributed by atoms with van der Waals surface area (Å²) in [7, 11) is 0. The second-order valence-electron chi connectivity index (χ2n) is 4.69. The van der Waals surface area contributed by atoms with Crippen molar-refractivity contribution in [2.24, 2.45) is 0 Å². The Kier molecular flexibility index (Phi) is 3.72. The van der Waals surface area contributed by atoms with Crippen LogP contribution in [0.4, 0.5) is 0 Å². The van der Waals surface area contributed by atoms with Gasteiger partial charge in [0.15, 0.2) is 0 Å². The molecule has 1 saturated heterocycles. The van der Waals surface area contributed by atoms with Crippen molar-refractivity contribution in [1.82, 2.24) is 15.2 Å². The number of nitrogens with zero attached hydrogens (tertiary/aromatic N) is 2. The Morgan fingerprint density at radius 3 is 2.61 bits per heavy atom. The lowest BCUT2D eigenvalue weighted by Crippen LogP contribution is -2.41. The second kappa shape index (κ2) is 5.27. The van der Waals surface area contributed by atoms with Crippen molar-refractivity contribution in [3.8, 4) is 0 Å². The number of hydrogen-bond donors (Lipinski definition) is 1. The van der Waals surface area contributed by atoms with Crippen molar-refractivity contribution >= 4 is 11.8 Å². The van der Waals surface area contributed by atoms with E-state index >= 15 is 0 Å². The summed E-state index contributed by atoms with van der Waals surface area (Å²) in [5.41, 5.74) is 1.05. The average molecular weight is 247 g/mol. The highest BCUT2D eigenvalue weighted by molar-refractivity contribution is 6.05. The number of nitrogens with one attached hydrogen (secondary N) is 1. The zero-order chi connectivity index (χ0) is 13.1. The van der Waals surface area contributed by atoms with Crippen LogP contribution in [0.15, 0.2) is 24.5 Å². The molecule has 1 aromatic rings. The fourth-order valence-electron chi connectivity index (χ4n) is 2.09. The minimum Gasteiger partial charge on any atom is -0.301 e. The van der Waals surface area contributed by atoms with E-state index in [2.05, 4.69) is 10.3 Å². The molecule has 2 rings (SSSR count). The third-order valence-corrected chi connectivity index (χ3v) is 3.00. The van der Waals surface area contributed by atoms with Crippen LogP contribution in [0, 0.1) is 0 Å². The molecule has 1 aliphatic heterocycles. The molecular formula is C13H17N3O2. The molecule has 1 N–H and O–H groups in total. The van der Waals surface area contributed by atoms with E-state index in [-0.39, 0.29) is 24.3 Å². The first-order valence-corrected chi connectivity index (χ1v) is 6.08. The first kappa shape index (κ1) is 12.7. The smallest absolute Gasteiger partial charge is 0.247 e. The van der Waals surface area contributed by atoms with Crippen molar-refractivity contribution < 1.29 is 9.59 Å². The monoisotopic (exact) mass is 247 g/mol. The molecule has 2 heterocycles. The molecule has 0 aromatic carbocycles. The van der Waals surface area contributed by atoms with Gasteiger partial charge >= 0.3 is 0 Å². The zero-order valence-corrected chi connectivity index (χ0v) is 10.6. The largest absolute Gasteiger partial charge is 0.301 e. The molecule has 1 aliphatic rings. The van der Waals surface area contributed by atoms with Gasteiger partial charge in [0, 0.05) is 25.0 Å². The Hall–Kier alpha value is -1.75.